The van der Waals surface area contributed by atoms with Crippen molar-refractivity contribution in [3.63, 3.8) is 0 Å². The first-order valence-electron chi connectivity index (χ1n) is 5.64. The van der Waals surface area contributed by atoms with Gasteiger partial charge in [-0.3, -0.25) is 0 Å². The topological polar surface area (TPSA) is 87.8 Å². The molecule has 0 aromatic rings. The highest BCUT2D eigenvalue weighted by molar-refractivity contribution is 7.89. The minimum absolute atomic E-state index is 0.0337. The number of primary sulfonamides is 1. The van der Waals surface area contributed by atoms with Gasteiger partial charge in [-0.05, 0) is 5.92 Å². The predicted octanol–water partition coefficient (Wildman–Crippen LogP) is -0.0193. The Hall–Kier alpha value is -0.210. The van der Waals surface area contributed by atoms with E-state index in [9.17, 15) is 8.42 Å². The van der Waals surface area contributed by atoms with Gasteiger partial charge in [-0.25, -0.2) is 13.6 Å². The van der Waals surface area contributed by atoms with Crippen molar-refractivity contribution in [1.29, 1.82) is 0 Å². The first-order chi connectivity index (χ1) is 7.99. The molecule has 0 aliphatic heterocycles. The lowest BCUT2D eigenvalue weighted by molar-refractivity contribution is 0.0170. The molecule has 0 saturated heterocycles. The zero-order chi connectivity index (χ0) is 13.1. The van der Waals surface area contributed by atoms with Gasteiger partial charge in [0.15, 0.2) is 0 Å². The number of ether oxygens (including phenoxy) is 3. The highest BCUT2D eigenvalue weighted by Gasteiger charge is 2.13. The third kappa shape index (κ3) is 12.0. The van der Waals surface area contributed by atoms with Crippen LogP contribution < -0.4 is 5.14 Å². The number of hydrogen-bond acceptors (Lipinski definition) is 5. The molecule has 1 atom stereocenters. The molecule has 0 aliphatic rings. The lowest BCUT2D eigenvalue weighted by Gasteiger charge is -2.13. The largest absolute Gasteiger partial charge is 0.382 e. The molecule has 0 heterocycles. The van der Waals surface area contributed by atoms with Gasteiger partial charge in [0.1, 0.15) is 0 Å². The van der Waals surface area contributed by atoms with E-state index >= 15 is 0 Å². The van der Waals surface area contributed by atoms with Crippen molar-refractivity contribution in [3.8, 4) is 0 Å². The van der Waals surface area contributed by atoms with Crippen LogP contribution in [0.15, 0.2) is 0 Å². The number of methoxy groups -OCH3 is 1. The summed E-state index contributed by atoms with van der Waals surface area (Å²) in [6.45, 7) is 4.33. The van der Waals surface area contributed by atoms with Crippen molar-refractivity contribution < 1.29 is 22.6 Å². The molecule has 0 fully saturated rings. The van der Waals surface area contributed by atoms with Crippen LogP contribution in [0.5, 0.6) is 0 Å². The van der Waals surface area contributed by atoms with Crippen LogP contribution in [-0.2, 0) is 24.2 Å². The smallest absolute Gasteiger partial charge is 0.209 e. The van der Waals surface area contributed by atoms with Crippen LogP contribution in [-0.4, -0.2) is 54.3 Å². The number of hydrogen-bond donors (Lipinski definition) is 1. The van der Waals surface area contributed by atoms with Gasteiger partial charge in [-0.1, -0.05) is 13.3 Å². The maximum absolute atomic E-state index is 10.9. The molecule has 0 aromatic heterocycles. The van der Waals surface area contributed by atoms with Crippen LogP contribution in [0.3, 0.4) is 0 Å². The maximum Gasteiger partial charge on any atom is 0.209 e. The Kier molecular flexibility index (Phi) is 9.66. The van der Waals surface area contributed by atoms with Gasteiger partial charge >= 0.3 is 0 Å². The fourth-order valence-corrected chi connectivity index (χ4v) is 2.21. The predicted molar refractivity (Wildman–Crippen MR) is 65.3 cm³/mol. The second-order valence-corrected chi connectivity index (χ2v) is 5.44. The van der Waals surface area contributed by atoms with E-state index in [0.29, 0.717) is 33.0 Å². The summed E-state index contributed by atoms with van der Waals surface area (Å²) in [5, 5.41) is 4.98. The second kappa shape index (κ2) is 9.78. The number of nitrogens with two attached hydrogens (primary N) is 1. The van der Waals surface area contributed by atoms with E-state index in [1.807, 2.05) is 6.92 Å². The maximum atomic E-state index is 10.9. The summed E-state index contributed by atoms with van der Waals surface area (Å²) in [6, 6.07) is 0. The molecule has 7 heteroatoms. The van der Waals surface area contributed by atoms with Crippen molar-refractivity contribution in [2.75, 3.05) is 45.9 Å². The molecule has 1 unspecified atom stereocenters. The van der Waals surface area contributed by atoms with E-state index in [-0.39, 0.29) is 11.7 Å². The van der Waals surface area contributed by atoms with Crippen molar-refractivity contribution in [3.05, 3.63) is 0 Å². The minimum Gasteiger partial charge on any atom is -0.382 e. The zero-order valence-electron chi connectivity index (χ0n) is 10.6. The molecule has 0 rings (SSSR count). The van der Waals surface area contributed by atoms with E-state index < -0.39 is 10.0 Å². The molecule has 2 N–H and O–H groups in total. The summed E-state index contributed by atoms with van der Waals surface area (Å²) in [5.74, 6) is -0.0856. The monoisotopic (exact) mass is 269 g/mol. The second-order valence-electron chi connectivity index (χ2n) is 3.78. The third-order valence-corrected chi connectivity index (χ3v) is 3.14. The van der Waals surface area contributed by atoms with Crippen LogP contribution in [0.4, 0.5) is 0 Å². The van der Waals surface area contributed by atoms with Gasteiger partial charge in [0, 0.05) is 7.11 Å². The van der Waals surface area contributed by atoms with Crippen LogP contribution in [0, 0.1) is 5.92 Å². The average Bonchev–Trinajstić information content (AvgIpc) is 2.24. The lowest BCUT2D eigenvalue weighted by Crippen LogP contribution is -2.26. The van der Waals surface area contributed by atoms with E-state index in [0.717, 1.165) is 6.42 Å². The Morgan fingerprint density at radius 2 is 1.71 bits per heavy atom. The molecule has 0 bridgehead atoms. The Labute approximate surface area is 103 Å². The third-order valence-electron chi connectivity index (χ3n) is 2.20. The van der Waals surface area contributed by atoms with Gasteiger partial charge in [0.05, 0.1) is 38.8 Å². The van der Waals surface area contributed by atoms with Crippen LogP contribution in [0.1, 0.15) is 13.3 Å². The van der Waals surface area contributed by atoms with Gasteiger partial charge in [-0.15, -0.1) is 0 Å². The van der Waals surface area contributed by atoms with Crippen LogP contribution >= 0.6 is 0 Å². The Balaban J connectivity index is 3.50. The minimum atomic E-state index is -3.42. The van der Waals surface area contributed by atoms with Gasteiger partial charge < -0.3 is 14.2 Å². The highest BCUT2D eigenvalue weighted by atomic mass is 32.2. The van der Waals surface area contributed by atoms with Crippen molar-refractivity contribution in [1.82, 2.24) is 0 Å². The van der Waals surface area contributed by atoms with Crippen molar-refractivity contribution >= 4 is 10.0 Å². The molecule has 0 aliphatic carbocycles. The normalized spacial score (nSPS) is 13.8. The SMILES string of the molecule is CCC(COCCOCCOC)CS(N)(=O)=O. The van der Waals surface area contributed by atoms with E-state index in [2.05, 4.69) is 0 Å². The molecular weight excluding hydrogens is 246 g/mol. The molecule has 0 radical (unpaired) electrons. The van der Waals surface area contributed by atoms with Crippen LogP contribution in [0.2, 0.25) is 0 Å². The standard InChI is InChI=1S/C10H23NO5S/c1-3-10(9-17(11,12)13)8-16-7-6-15-5-4-14-2/h10H,3-9H2,1-2H3,(H2,11,12,13). The fraction of sp³-hybridized carbons (Fsp3) is 1.00. The molecule has 6 nitrogen and oxygen atoms in total. The summed E-state index contributed by atoms with van der Waals surface area (Å²) < 4.78 is 37.1. The number of rotatable bonds is 11. The first kappa shape index (κ1) is 16.8. The molecule has 0 amide bonds. The van der Waals surface area contributed by atoms with Gasteiger partial charge in [0.25, 0.3) is 0 Å². The summed E-state index contributed by atoms with van der Waals surface area (Å²) in [7, 11) is -1.81. The van der Waals surface area contributed by atoms with Gasteiger partial charge in [0.2, 0.25) is 10.0 Å². The highest BCUT2D eigenvalue weighted by Crippen LogP contribution is 2.05. The Bertz CT molecular complexity index is 268. The average molecular weight is 269 g/mol. The Morgan fingerprint density at radius 3 is 2.24 bits per heavy atom. The summed E-state index contributed by atoms with van der Waals surface area (Å²) in [4.78, 5) is 0. The molecule has 0 aromatic carbocycles. The van der Waals surface area contributed by atoms with Crippen molar-refractivity contribution in [2.24, 2.45) is 11.1 Å². The molecule has 0 saturated carbocycles. The fourth-order valence-electron chi connectivity index (χ4n) is 1.22. The lowest BCUT2D eigenvalue weighted by atomic mass is 10.1. The first-order valence-corrected chi connectivity index (χ1v) is 7.36. The molecule has 0 spiro atoms. The molecule has 17 heavy (non-hydrogen) atoms. The van der Waals surface area contributed by atoms with Crippen LogP contribution in [0.25, 0.3) is 0 Å². The summed E-state index contributed by atoms with van der Waals surface area (Å²) in [5.41, 5.74) is 0. The van der Waals surface area contributed by atoms with E-state index in [1.165, 1.54) is 0 Å². The van der Waals surface area contributed by atoms with E-state index in [1.54, 1.807) is 7.11 Å². The summed E-state index contributed by atoms with van der Waals surface area (Å²) >= 11 is 0. The van der Waals surface area contributed by atoms with Crippen molar-refractivity contribution in [2.45, 2.75) is 13.3 Å². The quantitative estimate of drug-likeness (QED) is 0.533. The summed E-state index contributed by atoms with van der Waals surface area (Å²) in [6.07, 6.45) is 0.723. The van der Waals surface area contributed by atoms with Gasteiger partial charge in [-0.2, -0.15) is 0 Å². The van der Waals surface area contributed by atoms with E-state index in [4.69, 9.17) is 19.3 Å². The zero-order valence-corrected chi connectivity index (χ0v) is 11.4. The Morgan fingerprint density at radius 1 is 1.12 bits per heavy atom. The molecular formula is C10H23NO5S. The number of sulfonamides is 1. The molecule has 104 valence electrons.